The Morgan fingerprint density at radius 3 is 2.33 bits per heavy atom. The molecule has 3 heterocycles. The largest absolute Gasteiger partial charge is 0.374 e. The maximum atomic E-state index is 12.2. The lowest BCUT2D eigenvalue weighted by molar-refractivity contribution is -0.175. The third-order valence-corrected chi connectivity index (χ3v) is 4.35. The molecule has 108 valence electrons. The summed E-state index contributed by atoms with van der Waals surface area (Å²) >= 11 is 0. The van der Waals surface area contributed by atoms with Gasteiger partial charge in [0.15, 0.2) is 0 Å². The second-order valence-corrected chi connectivity index (χ2v) is 5.58. The van der Waals surface area contributed by atoms with E-state index in [1.54, 1.807) is 24.3 Å². The molecule has 2 bridgehead atoms. The Bertz CT molecular complexity index is 620. The second-order valence-electron chi connectivity index (χ2n) is 5.58. The van der Waals surface area contributed by atoms with Crippen LogP contribution >= 0.6 is 0 Å². The van der Waals surface area contributed by atoms with Gasteiger partial charge in [0, 0.05) is 0 Å². The molecule has 0 N–H and O–H groups in total. The van der Waals surface area contributed by atoms with Crippen molar-refractivity contribution in [3.05, 3.63) is 35.4 Å². The number of fused-ring (bicyclic) bond motifs is 3. The van der Waals surface area contributed by atoms with Crippen LogP contribution in [-0.4, -0.2) is 35.1 Å². The summed E-state index contributed by atoms with van der Waals surface area (Å²) in [5.74, 6) is -2.12. The molecule has 0 saturated carbocycles. The Morgan fingerprint density at radius 1 is 1.14 bits per heavy atom. The van der Waals surface area contributed by atoms with Crippen molar-refractivity contribution in [3.63, 3.8) is 0 Å². The average molecular weight is 287 g/mol. The molecule has 3 aliphatic heterocycles. The molecule has 1 aromatic rings. The van der Waals surface area contributed by atoms with E-state index in [2.05, 4.69) is 0 Å². The minimum Gasteiger partial charge on any atom is -0.374 e. The quantitative estimate of drug-likeness (QED) is 0.767. The zero-order valence-corrected chi connectivity index (χ0v) is 11.2. The van der Waals surface area contributed by atoms with E-state index in [1.807, 2.05) is 0 Å². The number of imide groups is 1. The average Bonchev–Trinajstić information content (AvgIpc) is 3.18. The van der Waals surface area contributed by atoms with Gasteiger partial charge in [-0.15, -0.1) is 0 Å². The summed E-state index contributed by atoms with van der Waals surface area (Å²) in [6.07, 6.45) is 2.35. The van der Waals surface area contributed by atoms with Gasteiger partial charge in [-0.1, -0.05) is 17.2 Å². The third kappa shape index (κ3) is 1.79. The Hall–Kier alpha value is -2.21. The molecule has 3 unspecified atom stereocenters. The lowest BCUT2D eigenvalue weighted by atomic mass is 9.89. The van der Waals surface area contributed by atoms with Gasteiger partial charge >= 0.3 is 5.97 Å². The summed E-state index contributed by atoms with van der Waals surface area (Å²) in [7, 11) is 0. The van der Waals surface area contributed by atoms with Gasteiger partial charge in [0.05, 0.1) is 29.3 Å². The molecule has 1 aromatic carbocycles. The third-order valence-electron chi connectivity index (χ3n) is 4.35. The molecule has 21 heavy (non-hydrogen) atoms. The topological polar surface area (TPSA) is 72.9 Å². The van der Waals surface area contributed by atoms with Gasteiger partial charge in [-0.25, -0.2) is 4.79 Å². The zero-order chi connectivity index (χ0) is 14.6. The van der Waals surface area contributed by atoms with E-state index in [0.29, 0.717) is 11.5 Å². The first-order chi connectivity index (χ1) is 10.1. The SMILES string of the molecule is O=C(ON1C(=O)c2ccccc2C1=O)C1CC2CCC1O2. The fourth-order valence-corrected chi connectivity index (χ4v) is 3.29. The number of rotatable bonds is 2. The van der Waals surface area contributed by atoms with E-state index in [-0.39, 0.29) is 29.3 Å². The molecule has 0 aliphatic carbocycles. The monoisotopic (exact) mass is 287 g/mol. The molecule has 0 aromatic heterocycles. The van der Waals surface area contributed by atoms with Crippen LogP contribution in [0.1, 0.15) is 40.0 Å². The van der Waals surface area contributed by atoms with Crippen LogP contribution in [0.3, 0.4) is 0 Å². The fourth-order valence-electron chi connectivity index (χ4n) is 3.29. The van der Waals surface area contributed by atoms with Crippen molar-refractivity contribution in [3.8, 4) is 0 Å². The van der Waals surface area contributed by atoms with Crippen LogP contribution < -0.4 is 0 Å². The van der Waals surface area contributed by atoms with E-state index >= 15 is 0 Å². The summed E-state index contributed by atoms with van der Waals surface area (Å²) in [5, 5.41) is 0.568. The Morgan fingerprint density at radius 2 is 1.81 bits per heavy atom. The number of carbonyl (C=O) groups is 3. The van der Waals surface area contributed by atoms with Gasteiger partial charge in [0.25, 0.3) is 11.8 Å². The molecule has 6 nitrogen and oxygen atoms in total. The molecule has 0 radical (unpaired) electrons. The molecule has 2 saturated heterocycles. The number of hydroxylamine groups is 2. The number of hydrogen-bond donors (Lipinski definition) is 0. The van der Waals surface area contributed by atoms with Crippen LogP contribution in [0.25, 0.3) is 0 Å². The van der Waals surface area contributed by atoms with Gasteiger partial charge < -0.3 is 9.57 Å². The lowest BCUT2D eigenvalue weighted by Gasteiger charge is -2.19. The summed E-state index contributed by atoms with van der Waals surface area (Å²) < 4.78 is 5.60. The number of nitrogens with zero attached hydrogens (tertiary/aromatic N) is 1. The first-order valence-corrected chi connectivity index (χ1v) is 7.00. The normalized spacial score (nSPS) is 29.9. The summed E-state index contributed by atoms with van der Waals surface area (Å²) in [5.41, 5.74) is 0.527. The summed E-state index contributed by atoms with van der Waals surface area (Å²) in [4.78, 5) is 41.5. The van der Waals surface area contributed by atoms with Crippen molar-refractivity contribution in [2.24, 2.45) is 5.92 Å². The molecule has 3 aliphatic rings. The molecule has 4 rings (SSSR count). The van der Waals surface area contributed by atoms with Gasteiger partial charge in [-0.05, 0) is 31.4 Å². The van der Waals surface area contributed by atoms with Crippen molar-refractivity contribution in [2.75, 3.05) is 0 Å². The Kier molecular flexibility index (Phi) is 2.62. The molecule has 2 fully saturated rings. The first kappa shape index (κ1) is 12.5. The van der Waals surface area contributed by atoms with Crippen molar-refractivity contribution in [2.45, 2.75) is 31.5 Å². The highest BCUT2D eigenvalue weighted by atomic mass is 16.7. The number of amides is 2. The Labute approximate surface area is 120 Å². The van der Waals surface area contributed by atoms with Gasteiger partial charge in [-0.3, -0.25) is 9.59 Å². The number of carbonyl (C=O) groups excluding carboxylic acids is 3. The van der Waals surface area contributed by atoms with Crippen molar-refractivity contribution >= 4 is 17.8 Å². The Balaban J connectivity index is 1.52. The van der Waals surface area contributed by atoms with Crippen LogP contribution in [0, 0.1) is 5.92 Å². The molecule has 0 spiro atoms. The number of hydrogen-bond acceptors (Lipinski definition) is 5. The second kappa shape index (κ2) is 4.39. The standard InChI is InChI=1S/C15H13NO5/c17-13-9-3-1-2-4-10(9)14(18)16(13)21-15(19)11-7-8-5-6-12(11)20-8/h1-4,8,11-12H,5-7H2. The van der Waals surface area contributed by atoms with Gasteiger partial charge in [-0.2, -0.15) is 0 Å². The summed E-state index contributed by atoms with van der Waals surface area (Å²) in [6.45, 7) is 0. The van der Waals surface area contributed by atoms with E-state index in [9.17, 15) is 14.4 Å². The van der Waals surface area contributed by atoms with Crippen LogP contribution in [0.2, 0.25) is 0 Å². The molecule has 2 amide bonds. The number of benzene rings is 1. The van der Waals surface area contributed by atoms with Gasteiger partial charge in [0.2, 0.25) is 0 Å². The number of ether oxygens (including phenoxy) is 1. The predicted molar refractivity (Wildman–Crippen MR) is 69.0 cm³/mol. The van der Waals surface area contributed by atoms with Crippen molar-refractivity contribution in [1.29, 1.82) is 0 Å². The highest BCUT2D eigenvalue weighted by Crippen LogP contribution is 2.39. The molecular weight excluding hydrogens is 274 g/mol. The zero-order valence-electron chi connectivity index (χ0n) is 11.2. The van der Waals surface area contributed by atoms with Crippen LogP contribution in [0.5, 0.6) is 0 Å². The van der Waals surface area contributed by atoms with E-state index in [4.69, 9.17) is 9.57 Å². The smallest absolute Gasteiger partial charge is 0.338 e. The first-order valence-electron chi connectivity index (χ1n) is 7.00. The van der Waals surface area contributed by atoms with Crippen molar-refractivity contribution < 1.29 is 24.0 Å². The molecule has 3 atom stereocenters. The maximum absolute atomic E-state index is 12.2. The molecule has 6 heteroatoms. The highest BCUT2D eigenvalue weighted by Gasteiger charge is 2.47. The maximum Gasteiger partial charge on any atom is 0.338 e. The minimum atomic E-state index is -0.590. The highest BCUT2D eigenvalue weighted by molar-refractivity contribution is 6.20. The van der Waals surface area contributed by atoms with Gasteiger partial charge in [0.1, 0.15) is 0 Å². The van der Waals surface area contributed by atoms with E-state index in [0.717, 1.165) is 12.8 Å². The molecular formula is C15H13NO5. The van der Waals surface area contributed by atoms with E-state index in [1.165, 1.54) is 0 Å². The van der Waals surface area contributed by atoms with Crippen LogP contribution in [-0.2, 0) is 14.4 Å². The van der Waals surface area contributed by atoms with Crippen LogP contribution in [0.15, 0.2) is 24.3 Å². The minimum absolute atomic E-state index is 0.106. The fraction of sp³-hybridized carbons (Fsp3) is 0.400. The summed E-state index contributed by atoms with van der Waals surface area (Å²) in [6, 6.07) is 6.42. The predicted octanol–water partition coefficient (Wildman–Crippen LogP) is 1.31. The van der Waals surface area contributed by atoms with Crippen molar-refractivity contribution in [1.82, 2.24) is 5.06 Å². The lowest BCUT2D eigenvalue weighted by Crippen LogP contribution is -2.37. The van der Waals surface area contributed by atoms with Crippen LogP contribution in [0.4, 0.5) is 0 Å². The van der Waals surface area contributed by atoms with E-state index < -0.39 is 17.8 Å².